The molecule has 3 aromatic rings. The normalized spacial score (nSPS) is 11.8. The molecule has 11 heteroatoms. The maximum atomic E-state index is 12.5. The van der Waals surface area contributed by atoms with Gasteiger partial charge in [0.05, 0.1) is 5.69 Å². The fourth-order valence-corrected chi connectivity index (χ4v) is 2.73. The molecule has 2 aromatic carbocycles. The lowest BCUT2D eigenvalue weighted by molar-refractivity contribution is -0.275. The largest absolute Gasteiger partial charge is 0.573 e. The third-order valence-corrected chi connectivity index (χ3v) is 3.83. The summed E-state index contributed by atoms with van der Waals surface area (Å²) in [4.78, 5) is 15.3. The maximum absolute atomic E-state index is 12.5. The molecule has 0 unspecified atom stereocenters. The number of hydrogen-bond acceptors (Lipinski definition) is 4. The zero-order chi connectivity index (χ0) is 22.8. The Morgan fingerprint density at radius 2 is 1.29 bits per heavy atom. The SMILES string of the molecule is O=C(O)c1ccc(-c2cccc(OC(F)(F)F)c2)c(-c2cccc(OC(F)(F)F)c2)n1. The van der Waals surface area contributed by atoms with Gasteiger partial charge in [-0.05, 0) is 42.0 Å². The summed E-state index contributed by atoms with van der Waals surface area (Å²) >= 11 is 0. The van der Waals surface area contributed by atoms with E-state index in [-0.39, 0.29) is 22.4 Å². The van der Waals surface area contributed by atoms with Crippen molar-refractivity contribution in [3.8, 4) is 33.9 Å². The second-order valence-corrected chi connectivity index (χ2v) is 6.05. The number of rotatable bonds is 5. The molecule has 0 saturated heterocycles. The summed E-state index contributed by atoms with van der Waals surface area (Å²) in [5.74, 6) is -2.51. The number of carboxylic acid groups (broad SMARTS) is 1. The van der Waals surface area contributed by atoms with E-state index >= 15 is 0 Å². The van der Waals surface area contributed by atoms with E-state index in [1.165, 1.54) is 30.3 Å². The number of alkyl halides is 6. The lowest BCUT2D eigenvalue weighted by Gasteiger charge is -2.14. The van der Waals surface area contributed by atoms with Crippen LogP contribution in [0.3, 0.4) is 0 Å². The zero-order valence-electron chi connectivity index (χ0n) is 15.2. The molecule has 1 N–H and O–H groups in total. The minimum atomic E-state index is -4.96. The molecule has 0 saturated carbocycles. The molecule has 31 heavy (non-hydrogen) atoms. The van der Waals surface area contributed by atoms with Crippen LogP contribution in [0.1, 0.15) is 10.5 Å². The third kappa shape index (κ3) is 5.87. The van der Waals surface area contributed by atoms with Gasteiger partial charge >= 0.3 is 18.7 Å². The molecule has 0 spiro atoms. The Morgan fingerprint density at radius 3 is 1.81 bits per heavy atom. The van der Waals surface area contributed by atoms with Gasteiger partial charge in [0, 0.05) is 11.1 Å². The van der Waals surface area contributed by atoms with E-state index in [1.54, 1.807) is 0 Å². The standard InChI is InChI=1S/C20H11F6NO4/c21-19(22,23)30-13-5-1-3-11(9-13)15-7-8-16(18(28)29)27-17(15)12-4-2-6-14(10-12)31-20(24,25)26/h1-10H,(H,28,29). The first-order valence-electron chi connectivity index (χ1n) is 8.38. The maximum Gasteiger partial charge on any atom is 0.573 e. The first-order chi connectivity index (χ1) is 14.4. The van der Waals surface area contributed by atoms with Crippen LogP contribution >= 0.6 is 0 Å². The highest BCUT2D eigenvalue weighted by Gasteiger charge is 2.32. The molecule has 0 aliphatic carbocycles. The van der Waals surface area contributed by atoms with Crippen molar-refractivity contribution < 1.29 is 45.7 Å². The molecular weight excluding hydrogens is 432 g/mol. The van der Waals surface area contributed by atoms with Crippen molar-refractivity contribution in [3.63, 3.8) is 0 Å². The van der Waals surface area contributed by atoms with Crippen LogP contribution in [0.4, 0.5) is 26.3 Å². The van der Waals surface area contributed by atoms with Gasteiger partial charge in [0.15, 0.2) is 0 Å². The predicted octanol–water partition coefficient (Wildman–Crippen LogP) is 5.91. The summed E-state index contributed by atoms with van der Waals surface area (Å²) in [5.41, 5.74) is -0.0904. The van der Waals surface area contributed by atoms with Crippen molar-refractivity contribution in [2.75, 3.05) is 0 Å². The van der Waals surface area contributed by atoms with Crippen LogP contribution in [0.2, 0.25) is 0 Å². The van der Waals surface area contributed by atoms with Crippen LogP contribution in [0, 0.1) is 0 Å². The van der Waals surface area contributed by atoms with Crippen molar-refractivity contribution >= 4 is 5.97 Å². The van der Waals surface area contributed by atoms with Crippen molar-refractivity contribution in [3.05, 3.63) is 66.4 Å². The molecule has 0 atom stereocenters. The van der Waals surface area contributed by atoms with E-state index in [0.717, 1.165) is 30.3 Å². The number of aromatic carboxylic acids is 1. The number of carboxylic acids is 1. The van der Waals surface area contributed by atoms with Crippen LogP contribution in [-0.4, -0.2) is 28.8 Å². The predicted molar refractivity (Wildman–Crippen MR) is 95.4 cm³/mol. The van der Waals surface area contributed by atoms with Gasteiger partial charge in [0.25, 0.3) is 0 Å². The van der Waals surface area contributed by atoms with Crippen LogP contribution in [0.15, 0.2) is 60.7 Å². The number of pyridine rings is 1. The summed E-state index contributed by atoms with van der Waals surface area (Å²) in [6.07, 6.45) is -9.89. The van der Waals surface area contributed by atoms with Crippen molar-refractivity contribution in [2.24, 2.45) is 0 Å². The number of aromatic nitrogens is 1. The summed E-state index contributed by atoms with van der Waals surface area (Å²) < 4.78 is 83.0. The average Bonchev–Trinajstić information content (AvgIpc) is 2.65. The number of ether oxygens (including phenoxy) is 2. The van der Waals surface area contributed by atoms with E-state index in [4.69, 9.17) is 0 Å². The Balaban J connectivity index is 2.13. The van der Waals surface area contributed by atoms with Crippen molar-refractivity contribution in [1.29, 1.82) is 0 Å². The summed E-state index contributed by atoms with van der Waals surface area (Å²) in [6.45, 7) is 0. The van der Waals surface area contributed by atoms with Crippen LogP contribution in [-0.2, 0) is 0 Å². The molecule has 0 aliphatic heterocycles. The van der Waals surface area contributed by atoms with Gasteiger partial charge in [-0.25, -0.2) is 9.78 Å². The van der Waals surface area contributed by atoms with Gasteiger partial charge < -0.3 is 14.6 Å². The Labute approximate surface area is 170 Å². The second kappa shape index (κ2) is 8.17. The van der Waals surface area contributed by atoms with Gasteiger partial charge in [-0.15, -0.1) is 26.3 Å². The topological polar surface area (TPSA) is 68.7 Å². The Morgan fingerprint density at radius 1 is 0.774 bits per heavy atom. The number of carbonyl (C=O) groups is 1. The van der Waals surface area contributed by atoms with E-state index in [9.17, 15) is 36.2 Å². The monoisotopic (exact) mass is 443 g/mol. The Kier molecular flexibility index (Phi) is 5.78. The fourth-order valence-electron chi connectivity index (χ4n) is 2.73. The van der Waals surface area contributed by atoms with Gasteiger partial charge in [-0.2, -0.15) is 0 Å². The molecule has 5 nitrogen and oxygen atoms in total. The first-order valence-corrected chi connectivity index (χ1v) is 8.38. The van der Waals surface area contributed by atoms with E-state index in [1.807, 2.05) is 0 Å². The van der Waals surface area contributed by atoms with Gasteiger partial charge in [0.2, 0.25) is 0 Å². The van der Waals surface area contributed by atoms with Crippen LogP contribution in [0.5, 0.6) is 11.5 Å². The molecule has 3 rings (SSSR count). The number of hydrogen-bond donors (Lipinski definition) is 1. The molecule has 162 valence electrons. The highest BCUT2D eigenvalue weighted by atomic mass is 19.4. The number of nitrogens with zero attached hydrogens (tertiary/aromatic N) is 1. The summed E-state index contributed by atoms with van der Waals surface area (Å²) in [5, 5.41) is 9.22. The number of benzene rings is 2. The molecule has 0 radical (unpaired) electrons. The molecule has 0 amide bonds. The molecule has 0 aliphatic rings. The average molecular weight is 443 g/mol. The minimum absolute atomic E-state index is 0.0574. The highest BCUT2D eigenvalue weighted by Crippen LogP contribution is 2.35. The quantitative estimate of drug-likeness (QED) is 0.497. The number of halogens is 6. The third-order valence-electron chi connectivity index (χ3n) is 3.83. The van der Waals surface area contributed by atoms with Gasteiger partial charge in [0.1, 0.15) is 17.2 Å². The Hall–Kier alpha value is -3.76. The van der Waals surface area contributed by atoms with E-state index < -0.39 is 35.9 Å². The van der Waals surface area contributed by atoms with Gasteiger partial charge in [-0.1, -0.05) is 24.3 Å². The van der Waals surface area contributed by atoms with Crippen LogP contribution in [0.25, 0.3) is 22.4 Å². The van der Waals surface area contributed by atoms with Crippen molar-refractivity contribution in [2.45, 2.75) is 12.7 Å². The first kappa shape index (κ1) is 21.9. The van der Waals surface area contributed by atoms with E-state index in [2.05, 4.69) is 14.5 Å². The fraction of sp³-hybridized carbons (Fsp3) is 0.100. The summed E-state index contributed by atoms with van der Waals surface area (Å²) in [6, 6.07) is 11.8. The highest BCUT2D eigenvalue weighted by molar-refractivity contribution is 5.89. The summed E-state index contributed by atoms with van der Waals surface area (Å²) in [7, 11) is 0. The van der Waals surface area contributed by atoms with E-state index in [0.29, 0.717) is 0 Å². The van der Waals surface area contributed by atoms with Gasteiger partial charge in [-0.3, -0.25) is 0 Å². The molecule has 0 fully saturated rings. The van der Waals surface area contributed by atoms with Crippen molar-refractivity contribution in [1.82, 2.24) is 4.98 Å². The molecule has 1 heterocycles. The Bertz CT molecular complexity index is 1110. The van der Waals surface area contributed by atoms with Crippen LogP contribution < -0.4 is 9.47 Å². The lowest BCUT2D eigenvalue weighted by atomic mass is 9.98. The lowest BCUT2D eigenvalue weighted by Crippen LogP contribution is -2.17. The smallest absolute Gasteiger partial charge is 0.477 e. The second-order valence-electron chi connectivity index (χ2n) is 6.05. The molecular formula is C20H11F6NO4. The molecule has 0 bridgehead atoms. The molecule has 1 aromatic heterocycles. The minimum Gasteiger partial charge on any atom is -0.477 e. The zero-order valence-corrected chi connectivity index (χ0v) is 15.2.